The lowest BCUT2D eigenvalue weighted by Crippen LogP contribution is -2.26. The van der Waals surface area contributed by atoms with Crippen molar-refractivity contribution in [2.45, 2.75) is 39.4 Å². The molecule has 0 fully saturated rings. The average Bonchev–Trinajstić information content (AvgIpc) is 3.48. The number of primary amides is 1. The second-order valence-corrected chi connectivity index (χ2v) is 9.29. The molecule has 0 spiro atoms. The van der Waals surface area contributed by atoms with Crippen LogP contribution in [0.5, 0.6) is 0 Å². The Morgan fingerprint density at radius 1 is 1.16 bits per heavy atom. The molecule has 196 valence electrons. The maximum absolute atomic E-state index is 13.7. The van der Waals surface area contributed by atoms with Crippen LogP contribution in [0.15, 0.2) is 18.3 Å². The van der Waals surface area contributed by atoms with Gasteiger partial charge in [-0.2, -0.15) is 23.4 Å². The Morgan fingerprint density at radius 2 is 1.84 bits per heavy atom. The van der Waals surface area contributed by atoms with Gasteiger partial charge in [-0.1, -0.05) is 0 Å². The van der Waals surface area contributed by atoms with Gasteiger partial charge in [0.15, 0.2) is 5.69 Å². The summed E-state index contributed by atoms with van der Waals surface area (Å²) in [4.78, 5) is 29.3. The Bertz CT molecular complexity index is 1540. The lowest BCUT2D eigenvalue weighted by Gasteiger charge is -2.16. The van der Waals surface area contributed by atoms with Gasteiger partial charge in [-0.15, -0.1) is 11.3 Å². The van der Waals surface area contributed by atoms with Crippen molar-refractivity contribution in [3.8, 4) is 11.1 Å². The molecule has 4 heterocycles. The van der Waals surface area contributed by atoms with Crippen molar-refractivity contribution in [2.24, 2.45) is 12.8 Å². The van der Waals surface area contributed by atoms with Gasteiger partial charge in [0.1, 0.15) is 21.4 Å². The van der Waals surface area contributed by atoms with Gasteiger partial charge < -0.3 is 11.1 Å². The van der Waals surface area contributed by atoms with E-state index < -0.39 is 41.8 Å². The van der Waals surface area contributed by atoms with Gasteiger partial charge >= 0.3 is 6.18 Å². The predicted molar refractivity (Wildman–Crippen MR) is 125 cm³/mol. The van der Waals surface area contributed by atoms with E-state index in [9.17, 15) is 31.5 Å². The number of fused-ring (bicyclic) bond motifs is 1. The van der Waals surface area contributed by atoms with Gasteiger partial charge in [0, 0.05) is 29.4 Å². The summed E-state index contributed by atoms with van der Waals surface area (Å²) < 4.78 is 69.0. The van der Waals surface area contributed by atoms with E-state index in [0.29, 0.717) is 22.6 Å². The van der Waals surface area contributed by atoms with Gasteiger partial charge in [-0.3, -0.25) is 19.0 Å². The maximum Gasteiger partial charge on any atom is 0.435 e. The standard InChI is InChI=1S/C22H20F5N7O2S/c1-8-5-14(22(25,26)27)32-34(8)10(3)20(36)31-16-15-11(12-7-29-33(4)9(12)2)6-13(18(23)24)30-21(15)37-17(16)19(28)35/h5-7,10,18H,1-4H3,(H2,28,35)(H,31,36). The summed E-state index contributed by atoms with van der Waals surface area (Å²) in [6.45, 7) is 4.39. The number of anilines is 1. The lowest BCUT2D eigenvalue weighted by atomic mass is 10.0. The van der Waals surface area contributed by atoms with Crippen LogP contribution in [0.25, 0.3) is 21.3 Å². The second-order valence-electron chi connectivity index (χ2n) is 8.29. The molecule has 4 aromatic rings. The number of aromatic nitrogens is 5. The number of nitrogens with zero attached hydrogens (tertiary/aromatic N) is 5. The molecule has 0 saturated carbocycles. The minimum Gasteiger partial charge on any atom is -0.365 e. The Morgan fingerprint density at radius 3 is 2.35 bits per heavy atom. The summed E-state index contributed by atoms with van der Waals surface area (Å²) in [5, 5.41) is 10.4. The molecule has 4 rings (SSSR count). The molecule has 0 aromatic carbocycles. The highest BCUT2D eigenvalue weighted by atomic mass is 32.1. The van der Waals surface area contributed by atoms with Crippen molar-refractivity contribution < 1.29 is 31.5 Å². The molecule has 3 N–H and O–H groups in total. The molecule has 0 aliphatic carbocycles. The number of nitrogens with one attached hydrogen (secondary N) is 1. The molecule has 9 nitrogen and oxygen atoms in total. The predicted octanol–water partition coefficient (Wildman–Crippen LogP) is 4.77. The van der Waals surface area contributed by atoms with Crippen LogP contribution in [-0.2, 0) is 18.0 Å². The molecule has 0 aliphatic rings. The lowest BCUT2D eigenvalue weighted by molar-refractivity contribution is -0.141. The third-order valence-corrected chi connectivity index (χ3v) is 6.96. The number of aryl methyl sites for hydroxylation is 2. The van der Waals surface area contributed by atoms with E-state index in [-0.39, 0.29) is 32.0 Å². The highest BCUT2D eigenvalue weighted by Gasteiger charge is 2.36. The van der Waals surface area contributed by atoms with Crippen LogP contribution in [0.4, 0.5) is 27.6 Å². The summed E-state index contributed by atoms with van der Waals surface area (Å²) in [5.74, 6) is -1.76. The smallest absolute Gasteiger partial charge is 0.365 e. The number of thiophene rings is 1. The van der Waals surface area contributed by atoms with Gasteiger partial charge in [0.25, 0.3) is 12.3 Å². The van der Waals surface area contributed by atoms with Gasteiger partial charge in [0.2, 0.25) is 5.91 Å². The number of alkyl halides is 5. The van der Waals surface area contributed by atoms with E-state index in [1.807, 2.05) is 0 Å². The molecular formula is C22H20F5N7O2S. The molecule has 15 heteroatoms. The van der Waals surface area contributed by atoms with Crippen LogP contribution in [-0.4, -0.2) is 36.4 Å². The number of carbonyl (C=O) groups excluding carboxylic acids is 2. The van der Waals surface area contributed by atoms with Gasteiger partial charge in [-0.05, 0) is 38.5 Å². The van der Waals surface area contributed by atoms with Gasteiger partial charge in [-0.25, -0.2) is 13.8 Å². The Kier molecular flexibility index (Phi) is 6.52. The highest BCUT2D eigenvalue weighted by molar-refractivity contribution is 7.21. The quantitative estimate of drug-likeness (QED) is 0.341. The molecule has 37 heavy (non-hydrogen) atoms. The number of pyridine rings is 1. The van der Waals surface area contributed by atoms with E-state index in [4.69, 9.17) is 5.73 Å². The summed E-state index contributed by atoms with van der Waals surface area (Å²) in [7, 11) is 1.65. The first-order chi connectivity index (χ1) is 17.2. The van der Waals surface area contributed by atoms with Crippen molar-refractivity contribution in [1.82, 2.24) is 24.5 Å². The van der Waals surface area contributed by atoms with Crippen molar-refractivity contribution >= 4 is 39.1 Å². The van der Waals surface area contributed by atoms with Crippen LogP contribution >= 0.6 is 11.3 Å². The number of rotatable bonds is 6. The molecule has 0 radical (unpaired) electrons. The first kappa shape index (κ1) is 26.2. The van der Waals surface area contributed by atoms with Crippen LogP contribution in [0.2, 0.25) is 0 Å². The van der Waals surface area contributed by atoms with Crippen molar-refractivity contribution in [1.29, 1.82) is 0 Å². The Labute approximate surface area is 210 Å². The zero-order valence-corrected chi connectivity index (χ0v) is 20.6. The van der Waals surface area contributed by atoms with Crippen molar-refractivity contribution in [2.75, 3.05) is 5.32 Å². The minimum atomic E-state index is -4.71. The fourth-order valence-corrected chi connectivity index (χ4v) is 4.87. The van der Waals surface area contributed by atoms with Crippen LogP contribution in [0.1, 0.15) is 51.8 Å². The maximum atomic E-state index is 13.7. The van der Waals surface area contributed by atoms with Crippen LogP contribution in [0, 0.1) is 13.8 Å². The van der Waals surface area contributed by atoms with Crippen molar-refractivity contribution in [3.05, 3.63) is 46.0 Å². The zero-order valence-electron chi connectivity index (χ0n) is 19.8. The van der Waals surface area contributed by atoms with E-state index >= 15 is 0 Å². The number of carbonyl (C=O) groups is 2. The van der Waals surface area contributed by atoms with E-state index in [2.05, 4.69) is 20.5 Å². The topological polar surface area (TPSA) is 121 Å². The Balaban J connectivity index is 1.87. The van der Waals surface area contributed by atoms with Crippen LogP contribution < -0.4 is 11.1 Å². The SMILES string of the molecule is Cc1c(-c2cc(C(F)F)nc3sc(C(N)=O)c(NC(=O)C(C)n4nc(C(F)(F)F)cc4C)c23)cnn1C. The fourth-order valence-electron chi connectivity index (χ4n) is 3.85. The summed E-state index contributed by atoms with van der Waals surface area (Å²) in [5.41, 5.74) is 5.08. The van der Waals surface area contributed by atoms with Gasteiger partial charge in [0.05, 0.1) is 11.9 Å². The molecular weight excluding hydrogens is 521 g/mol. The largest absolute Gasteiger partial charge is 0.435 e. The number of hydrogen-bond acceptors (Lipinski definition) is 6. The normalized spacial score (nSPS) is 12.9. The Hall–Kier alpha value is -3.88. The number of amides is 2. The number of halogens is 5. The summed E-state index contributed by atoms with van der Waals surface area (Å²) in [6.07, 6.45) is -6.19. The summed E-state index contributed by atoms with van der Waals surface area (Å²) in [6, 6.07) is 0.710. The minimum absolute atomic E-state index is 0.0161. The third kappa shape index (κ3) is 4.65. The molecule has 4 aromatic heterocycles. The monoisotopic (exact) mass is 541 g/mol. The average molecular weight is 542 g/mol. The fraction of sp³-hybridized carbons (Fsp3) is 0.318. The van der Waals surface area contributed by atoms with E-state index in [0.717, 1.165) is 16.8 Å². The highest BCUT2D eigenvalue weighted by Crippen LogP contribution is 2.43. The van der Waals surface area contributed by atoms with E-state index in [1.165, 1.54) is 24.7 Å². The molecule has 0 saturated heterocycles. The second kappa shape index (κ2) is 9.21. The number of nitrogens with two attached hydrogens (primary N) is 1. The number of hydrogen-bond donors (Lipinski definition) is 2. The molecule has 0 bridgehead atoms. The molecule has 2 amide bonds. The zero-order chi connectivity index (χ0) is 27.4. The molecule has 1 atom stereocenters. The first-order valence-electron chi connectivity index (χ1n) is 10.7. The van der Waals surface area contributed by atoms with E-state index in [1.54, 1.807) is 14.0 Å². The summed E-state index contributed by atoms with van der Waals surface area (Å²) >= 11 is 0.713. The first-order valence-corrected chi connectivity index (χ1v) is 11.5. The third-order valence-electron chi connectivity index (χ3n) is 5.86. The van der Waals surface area contributed by atoms with Crippen LogP contribution in [0.3, 0.4) is 0 Å². The molecule has 1 unspecified atom stereocenters. The molecule has 0 aliphatic heterocycles. The van der Waals surface area contributed by atoms with Crippen molar-refractivity contribution in [3.63, 3.8) is 0 Å².